The van der Waals surface area contributed by atoms with Crippen LogP contribution in [-0.2, 0) is 11.3 Å². The largest absolute Gasteiger partial charge is 0.373 e. The maximum Gasteiger partial charge on any atom is 0.0726 e. The summed E-state index contributed by atoms with van der Waals surface area (Å²) in [6, 6.07) is 8.87. The molecule has 1 fully saturated rings. The first-order chi connectivity index (χ1) is 10.3. The quantitative estimate of drug-likeness (QED) is 0.881. The van der Waals surface area contributed by atoms with Gasteiger partial charge in [-0.2, -0.15) is 0 Å². The third kappa shape index (κ3) is 2.93. The second-order valence-electron chi connectivity index (χ2n) is 6.20. The predicted octanol–water partition coefficient (Wildman–Crippen LogP) is 4.16. The van der Waals surface area contributed by atoms with Crippen LogP contribution in [0.2, 0.25) is 0 Å². The molecule has 1 aromatic carbocycles. The second-order valence-corrected chi connectivity index (χ2v) is 6.20. The number of hydrogen-bond donors (Lipinski definition) is 1. The lowest BCUT2D eigenvalue weighted by atomic mass is 9.79. The van der Waals surface area contributed by atoms with E-state index in [-0.39, 0.29) is 0 Å². The molecule has 0 aromatic heterocycles. The van der Waals surface area contributed by atoms with Gasteiger partial charge >= 0.3 is 0 Å². The molecule has 2 heteroatoms. The number of hydrogen-bond acceptors (Lipinski definition) is 2. The number of piperidine rings is 1. The molecule has 0 aliphatic carbocycles. The molecule has 0 spiro atoms. The van der Waals surface area contributed by atoms with Gasteiger partial charge in [0.05, 0.1) is 12.7 Å². The Morgan fingerprint density at radius 3 is 2.57 bits per heavy atom. The average Bonchev–Trinajstić information content (AvgIpc) is 2.71. The van der Waals surface area contributed by atoms with Crippen LogP contribution in [0, 0.1) is 5.92 Å². The summed E-state index contributed by atoms with van der Waals surface area (Å²) in [6.45, 7) is 7.57. The van der Waals surface area contributed by atoms with Gasteiger partial charge in [0, 0.05) is 5.92 Å². The summed E-state index contributed by atoms with van der Waals surface area (Å²) < 4.78 is 6.25. The number of benzene rings is 1. The molecule has 1 aromatic rings. The highest BCUT2D eigenvalue weighted by molar-refractivity contribution is 5.74. The maximum absolute atomic E-state index is 6.25. The Morgan fingerprint density at radius 1 is 1.10 bits per heavy atom. The molecule has 2 unspecified atom stereocenters. The van der Waals surface area contributed by atoms with Gasteiger partial charge in [0.2, 0.25) is 0 Å². The third-order valence-corrected chi connectivity index (χ3v) is 5.01. The zero-order valence-corrected chi connectivity index (χ0v) is 13.3. The van der Waals surface area contributed by atoms with E-state index in [2.05, 4.69) is 43.4 Å². The highest BCUT2D eigenvalue weighted by Crippen LogP contribution is 2.40. The minimum atomic E-state index is 0.361. The summed E-state index contributed by atoms with van der Waals surface area (Å²) in [5.74, 6) is 0.548. The Labute approximate surface area is 128 Å². The summed E-state index contributed by atoms with van der Waals surface area (Å²) in [5.41, 5.74) is 6.10. The summed E-state index contributed by atoms with van der Waals surface area (Å²) in [4.78, 5) is 0. The molecule has 0 saturated carbocycles. The molecule has 2 nitrogen and oxygen atoms in total. The standard InChI is InChI=1S/C19H27NO/c1-3-16-18(4-2)21-13-15-7-5-6-8-17(15)19(16)14-9-11-20-12-10-14/h5-8,16,18,20H,3-4,9-13H2,1-2H3. The molecule has 0 radical (unpaired) electrons. The van der Waals surface area contributed by atoms with Crippen molar-refractivity contribution in [2.24, 2.45) is 5.92 Å². The van der Waals surface area contributed by atoms with Crippen molar-refractivity contribution in [2.45, 2.75) is 52.2 Å². The Balaban J connectivity index is 2.12. The molecule has 3 rings (SSSR count). The molecule has 0 amide bonds. The lowest BCUT2D eigenvalue weighted by molar-refractivity contribution is 0.0164. The van der Waals surface area contributed by atoms with Crippen molar-refractivity contribution in [1.82, 2.24) is 5.32 Å². The van der Waals surface area contributed by atoms with E-state index in [0.717, 1.165) is 26.1 Å². The van der Waals surface area contributed by atoms with Gasteiger partial charge in [0.15, 0.2) is 0 Å². The maximum atomic E-state index is 6.25. The summed E-state index contributed by atoms with van der Waals surface area (Å²) in [5, 5.41) is 3.49. The van der Waals surface area contributed by atoms with Gasteiger partial charge in [0.25, 0.3) is 0 Å². The zero-order chi connectivity index (χ0) is 14.7. The minimum Gasteiger partial charge on any atom is -0.373 e. The fourth-order valence-corrected chi connectivity index (χ4v) is 3.93. The predicted molar refractivity (Wildman–Crippen MR) is 88.1 cm³/mol. The Morgan fingerprint density at radius 2 is 1.86 bits per heavy atom. The first-order valence-electron chi connectivity index (χ1n) is 8.47. The molecule has 1 N–H and O–H groups in total. The Hall–Kier alpha value is -1.12. The molecule has 2 heterocycles. The van der Waals surface area contributed by atoms with Crippen LogP contribution in [0.4, 0.5) is 0 Å². The summed E-state index contributed by atoms with van der Waals surface area (Å²) in [7, 11) is 0. The van der Waals surface area contributed by atoms with Crippen LogP contribution in [0.15, 0.2) is 29.8 Å². The highest BCUT2D eigenvalue weighted by Gasteiger charge is 2.30. The van der Waals surface area contributed by atoms with Gasteiger partial charge in [-0.05, 0) is 55.5 Å². The number of nitrogens with one attached hydrogen (secondary N) is 1. The van der Waals surface area contributed by atoms with E-state index < -0.39 is 0 Å². The van der Waals surface area contributed by atoms with Crippen molar-refractivity contribution in [3.8, 4) is 0 Å². The highest BCUT2D eigenvalue weighted by atomic mass is 16.5. The molecular weight excluding hydrogens is 258 g/mol. The van der Waals surface area contributed by atoms with E-state index >= 15 is 0 Å². The van der Waals surface area contributed by atoms with E-state index in [0.29, 0.717) is 12.0 Å². The summed E-state index contributed by atoms with van der Waals surface area (Å²) >= 11 is 0. The smallest absolute Gasteiger partial charge is 0.0726 e. The fourth-order valence-electron chi connectivity index (χ4n) is 3.93. The van der Waals surface area contributed by atoms with Crippen molar-refractivity contribution < 1.29 is 4.74 Å². The summed E-state index contributed by atoms with van der Waals surface area (Å²) in [6.07, 6.45) is 5.01. The molecular formula is C19H27NO. The Bertz CT molecular complexity index is 512. The van der Waals surface area contributed by atoms with Crippen LogP contribution in [0.3, 0.4) is 0 Å². The average molecular weight is 285 g/mol. The Kier molecular flexibility index (Phi) is 4.77. The van der Waals surface area contributed by atoms with E-state index in [1.807, 2.05) is 0 Å². The molecule has 21 heavy (non-hydrogen) atoms. The normalized spacial score (nSPS) is 26.4. The molecule has 1 saturated heterocycles. The van der Waals surface area contributed by atoms with Crippen LogP contribution < -0.4 is 5.32 Å². The number of rotatable bonds is 2. The van der Waals surface area contributed by atoms with Crippen molar-refractivity contribution in [1.29, 1.82) is 0 Å². The minimum absolute atomic E-state index is 0.361. The topological polar surface area (TPSA) is 21.3 Å². The molecule has 0 bridgehead atoms. The fraction of sp³-hybridized carbons (Fsp3) is 0.579. The second kappa shape index (κ2) is 6.76. The lowest BCUT2D eigenvalue weighted by Gasteiger charge is -2.29. The molecule has 2 aliphatic heterocycles. The van der Waals surface area contributed by atoms with E-state index in [4.69, 9.17) is 4.74 Å². The number of fused-ring (bicyclic) bond motifs is 1. The van der Waals surface area contributed by atoms with E-state index in [9.17, 15) is 0 Å². The molecule has 2 atom stereocenters. The van der Waals surface area contributed by atoms with Crippen molar-refractivity contribution in [3.63, 3.8) is 0 Å². The van der Waals surface area contributed by atoms with Crippen LogP contribution >= 0.6 is 0 Å². The van der Waals surface area contributed by atoms with Crippen molar-refractivity contribution >= 4 is 5.57 Å². The van der Waals surface area contributed by atoms with E-state index in [1.165, 1.54) is 30.4 Å². The SMILES string of the molecule is CCC1OCc2ccccc2C(=C2CCNCC2)C1CC. The van der Waals surface area contributed by atoms with Crippen LogP contribution in [0.1, 0.15) is 50.7 Å². The first kappa shape index (κ1) is 14.8. The van der Waals surface area contributed by atoms with Crippen molar-refractivity contribution in [2.75, 3.05) is 13.1 Å². The van der Waals surface area contributed by atoms with Gasteiger partial charge in [0.1, 0.15) is 0 Å². The van der Waals surface area contributed by atoms with Gasteiger partial charge in [-0.1, -0.05) is 43.7 Å². The zero-order valence-electron chi connectivity index (χ0n) is 13.3. The molecule has 2 aliphatic rings. The van der Waals surface area contributed by atoms with Gasteiger partial charge in [-0.15, -0.1) is 0 Å². The van der Waals surface area contributed by atoms with Crippen LogP contribution in [-0.4, -0.2) is 19.2 Å². The van der Waals surface area contributed by atoms with Gasteiger partial charge in [-0.25, -0.2) is 0 Å². The number of ether oxygens (including phenoxy) is 1. The third-order valence-electron chi connectivity index (χ3n) is 5.01. The van der Waals surface area contributed by atoms with Crippen molar-refractivity contribution in [3.05, 3.63) is 41.0 Å². The lowest BCUT2D eigenvalue weighted by Crippen LogP contribution is -2.27. The van der Waals surface area contributed by atoms with Gasteiger partial charge < -0.3 is 10.1 Å². The van der Waals surface area contributed by atoms with Gasteiger partial charge in [-0.3, -0.25) is 0 Å². The monoisotopic (exact) mass is 285 g/mol. The van der Waals surface area contributed by atoms with Crippen LogP contribution in [0.5, 0.6) is 0 Å². The first-order valence-corrected chi connectivity index (χ1v) is 8.47. The molecule has 114 valence electrons. The van der Waals surface area contributed by atoms with Crippen LogP contribution in [0.25, 0.3) is 5.57 Å². The van der Waals surface area contributed by atoms with E-state index in [1.54, 1.807) is 11.1 Å².